The second kappa shape index (κ2) is 10.4. The van der Waals surface area contributed by atoms with Crippen LogP contribution in [0.15, 0.2) is 36.4 Å². The van der Waals surface area contributed by atoms with E-state index in [0.29, 0.717) is 23.4 Å². The largest absolute Gasteiger partial charge is 0.507 e. The minimum absolute atomic E-state index is 0.0574. The summed E-state index contributed by atoms with van der Waals surface area (Å²) in [5, 5.41) is 13.5. The summed E-state index contributed by atoms with van der Waals surface area (Å²) in [6.07, 6.45) is -0.412. The highest BCUT2D eigenvalue weighted by Gasteiger charge is 2.27. The molecule has 34 heavy (non-hydrogen) atoms. The minimum atomic E-state index is -0.963. The Morgan fingerprint density at radius 1 is 0.941 bits per heavy atom. The van der Waals surface area contributed by atoms with E-state index in [0.717, 1.165) is 16.7 Å². The molecule has 0 aliphatic rings. The van der Waals surface area contributed by atoms with E-state index in [4.69, 9.17) is 4.74 Å². The summed E-state index contributed by atoms with van der Waals surface area (Å²) >= 11 is 0. The predicted molar refractivity (Wildman–Crippen MR) is 134 cm³/mol. The van der Waals surface area contributed by atoms with Crippen molar-refractivity contribution in [1.82, 2.24) is 0 Å². The van der Waals surface area contributed by atoms with Crippen LogP contribution in [0.5, 0.6) is 5.75 Å². The van der Waals surface area contributed by atoms with Crippen LogP contribution in [0.4, 0.5) is 5.69 Å². The Hall–Kier alpha value is -3.15. The normalized spacial score (nSPS) is 12.7. The van der Waals surface area contributed by atoms with Crippen LogP contribution in [-0.4, -0.2) is 28.9 Å². The van der Waals surface area contributed by atoms with Crippen LogP contribution in [0.3, 0.4) is 0 Å². The third-order valence-corrected chi connectivity index (χ3v) is 5.64. The number of amides is 1. The lowest BCUT2D eigenvalue weighted by Crippen LogP contribution is -2.30. The van der Waals surface area contributed by atoms with E-state index in [2.05, 4.69) is 5.32 Å². The van der Waals surface area contributed by atoms with Gasteiger partial charge in [-0.1, -0.05) is 53.7 Å². The van der Waals surface area contributed by atoms with E-state index in [1.807, 2.05) is 53.7 Å². The van der Waals surface area contributed by atoms with Crippen molar-refractivity contribution >= 4 is 23.3 Å². The Morgan fingerprint density at radius 3 is 1.88 bits per heavy atom. The maximum absolute atomic E-state index is 12.4. The van der Waals surface area contributed by atoms with Gasteiger partial charge in [-0.15, -0.1) is 0 Å². The molecule has 0 fully saturated rings. The number of ether oxygens (including phenoxy) is 1. The highest BCUT2D eigenvalue weighted by atomic mass is 16.5. The maximum atomic E-state index is 12.4. The number of esters is 1. The number of hydrogen-bond acceptors (Lipinski definition) is 5. The fourth-order valence-electron chi connectivity index (χ4n) is 3.57. The summed E-state index contributed by atoms with van der Waals surface area (Å²) in [6, 6.07) is 10.4. The van der Waals surface area contributed by atoms with E-state index >= 15 is 0 Å². The number of aromatic hydroxyl groups is 1. The molecule has 0 aliphatic carbocycles. The van der Waals surface area contributed by atoms with Crippen LogP contribution < -0.4 is 5.32 Å². The van der Waals surface area contributed by atoms with Gasteiger partial charge in [0.2, 0.25) is 0 Å². The van der Waals surface area contributed by atoms with Gasteiger partial charge in [-0.05, 0) is 72.1 Å². The molecule has 0 bridgehead atoms. The number of anilines is 1. The molecule has 1 atom stereocenters. The molecule has 2 aromatic carbocycles. The SMILES string of the molecule is CC(=O)c1ccc(NC(=O)[C@@H](C)OC(=O)CCc2cc(C(C)(C)C)c(O)c(C(C)(C)C)c2)cc1. The summed E-state index contributed by atoms with van der Waals surface area (Å²) in [5.74, 6) is -0.679. The smallest absolute Gasteiger partial charge is 0.306 e. The molecule has 0 radical (unpaired) electrons. The average molecular weight is 468 g/mol. The number of phenolic OH excluding ortho intramolecular Hbond substituents is 1. The minimum Gasteiger partial charge on any atom is -0.507 e. The number of carbonyl (C=O) groups excluding carboxylic acids is 3. The molecule has 1 amide bonds. The van der Waals surface area contributed by atoms with E-state index in [1.54, 1.807) is 24.3 Å². The average Bonchev–Trinajstić information content (AvgIpc) is 2.71. The van der Waals surface area contributed by atoms with Crippen molar-refractivity contribution in [3.05, 3.63) is 58.7 Å². The summed E-state index contributed by atoms with van der Waals surface area (Å²) in [7, 11) is 0. The van der Waals surface area contributed by atoms with Gasteiger partial charge in [0.25, 0.3) is 5.91 Å². The van der Waals surface area contributed by atoms with E-state index < -0.39 is 18.0 Å². The van der Waals surface area contributed by atoms with Crippen LogP contribution in [-0.2, 0) is 31.6 Å². The predicted octanol–water partition coefficient (Wildman–Crippen LogP) is 5.69. The maximum Gasteiger partial charge on any atom is 0.306 e. The quantitative estimate of drug-likeness (QED) is 0.403. The van der Waals surface area contributed by atoms with Crippen molar-refractivity contribution in [1.29, 1.82) is 0 Å². The molecule has 6 heteroatoms. The second-order valence-corrected chi connectivity index (χ2v) is 10.8. The van der Waals surface area contributed by atoms with Gasteiger partial charge in [0, 0.05) is 17.7 Å². The third kappa shape index (κ3) is 7.17. The monoisotopic (exact) mass is 467 g/mol. The van der Waals surface area contributed by atoms with Crippen LogP contribution in [0.25, 0.3) is 0 Å². The van der Waals surface area contributed by atoms with Gasteiger partial charge >= 0.3 is 5.97 Å². The Labute approximate surface area is 202 Å². The Balaban J connectivity index is 2.03. The van der Waals surface area contributed by atoms with Crippen molar-refractivity contribution in [2.45, 2.75) is 85.2 Å². The highest BCUT2D eigenvalue weighted by Crippen LogP contribution is 2.40. The number of benzene rings is 2. The zero-order valence-electron chi connectivity index (χ0n) is 21.5. The Kier molecular flexibility index (Phi) is 8.30. The third-order valence-electron chi connectivity index (χ3n) is 5.64. The first kappa shape index (κ1) is 27.1. The molecule has 0 saturated carbocycles. The molecule has 0 spiro atoms. The Morgan fingerprint density at radius 2 is 1.44 bits per heavy atom. The molecule has 2 rings (SSSR count). The van der Waals surface area contributed by atoms with Gasteiger partial charge in [-0.25, -0.2) is 0 Å². The van der Waals surface area contributed by atoms with Crippen molar-refractivity contribution in [2.24, 2.45) is 0 Å². The fourth-order valence-corrected chi connectivity index (χ4v) is 3.57. The Bertz CT molecular complexity index is 1020. The van der Waals surface area contributed by atoms with Crippen LogP contribution in [0, 0.1) is 0 Å². The molecule has 0 aliphatic heterocycles. The molecule has 6 nitrogen and oxygen atoms in total. The lowest BCUT2D eigenvalue weighted by Gasteiger charge is -2.28. The number of ketones is 1. The molecule has 0 aromatic heterocycles. The summed E-state index contributed by atoms with van der Waals surface area (Å²) in [4.78, 5) is 36.2. The van der Waals surface area contributed by atoms with Gasteiger partial charge in [-0.3, -0.25) is 14.4 Å². The van der Waals surface area contributed by atoms with Crippen molar-refractivity contribution < 1.29 is 24.2 Å². The topological polar surface area (TPSA) is 92.7 Å². The molecule has 2 aromatic rings. The first-order chi connectivity index (χ1) is 15.6. The van der Waals surface area contributed by atoms with E-state index in [1.165, 1.54) is 13.8 Å². The number of phenols is 1. The van der Waals surface area contributed by atoms with Crippen molar-refractivity contribution in [3.63, 3.8) is 0 Å². The number of hydrogen-bond donors (Lipinski definition) is 2. The lowest BCUT2D eigenvalue weighted by atomic mass is 9.78. The summed E-state index contributed by atoms with van der Waals surface area (Å²) in [6.45, 7) is 15.2. The van der Waals surface area contributed by atoms with E-state index in [-0.39, 0.29) is 23.0 Å². The zero-order chi connectivity index (χ0) is 25.8. The number of carbonyl (C=O) groups is 3. The number of Topliss-reactive ketones (excluding diaryl/α,β-unsaturated/α-hetero) is 1. The molecule has 184 valence electrons. The number of nitrogens with one attached hydrogen (secondary N) is 1. The molecule has 0 heterocycles. The van der Waals surface area contributed by atoms with Crippen LogP contribution in [0.1, 0.15) is 88.9 Å². The molecule has 2 N–H and O–H groups in total. The van der Waals surface area contributed by atoms with Gasteiger partial charge < -0.3 is 15.2 Å². The van der Waals surface area contributed by atoms with E-state index in [9.17, 15) is 19.5 Å². The molecule has 0 saturated heterocycles. The fraction of sp³-hybridized carbons (Fsp3) is 0.464. The van der Waals surface area contributed by atoms with Gasteiger partial charge in [-0.2, -0.15) is 0 Å². The first-order valence-electron chi connectivity index (χ1n) is 11.6. The highest BCUT2D eigenvalue weighted by molar-refractivity contribution is 5.97. The van der Waals surface area contributed by atoms with Crippen molar-refractivity contribution in [3.8, 4) is 5.75 Å². The van der Waals surface area contributed by atoms with Crippen LogP contribution in [0.2, 0.25) is 0 Å². The summed E-state index contributed by atoms with van der Waals surface area (Å²) in [5.41, 5.74) is 3.18. The number of aryl methyl sites for hydroxylation is 1. The molecular formula is C28H37NO5. The van der Waals surface area contributed by atoms with Gasteiger partial charge in [0.15, 0.2) is 11.9 Å². The standard InChI is InChI=1S/C28H37NO5/c1-17(30)20-10-12-21(13-11-20)29-26(33)18(2)34-24(31)14-9-19-15-22(27(3,4)5)25(32)23(16-19)28(6,7)8/h10-13,15-16,18,32H,9,14H2,1-8H3,(H,29,33)/t18-/m1/s1. The number of rotatable bonds is 7. The van der Waals surface area contributed by atoms with Crippen LogP contribution >= 0.6 is 0 Å². The first-order valence-corrected chi connectivity index (χ1v) is 11.6. The van der Waals surface area contributed by atoms with Gasteiger partial charge in [0.1, 0.15) is 5.75 Å². The van der Waals surface area contributed by atoms with Crippen molar-refractivity contribution in [2.75, 3.05) is 5.32 Å². The summed E-state index contributed by atoms with van der Waals surface area (Å²) < 4.78 is 5.33. The van der Waals surface area contributed by atoms with Gasteiger partial charge in [0.05, 0.1) is 0 Å². The lowest BCUT2D eigenvalue weighted by molar-refractivity contribution is -0.153. The molecular weight excluding hydrogens is 430 g/mol. The second-order valence-electron chi connectivity index (χ2n) is 10.8. The molecule has 0 unspecified atom stereocenters. The zero-order valence-corrected chi connectivity index (χ0v) is 21.5.